The van der Waals surface area contributed by atoms with Gasteiger partial charge >= 0.3 is 5.97 Å². The van der Waals surface area contributed by atoms with Crippen molar-refractivity contribution in [2.24, 2.45) is 5.73 Å². The van der Waals surface area contributed by atoms with Gasteiger partial charge in [-0.15, -0.1) is 0 Å². The van der Waals surface area contributed by atoms with Crippen molar-refractivity contribution in [2.75, 3.05) is 20.1 Å². The summed E-state index contributed by atoms with van der Waals surface area (Å²) in [6.45, 7) is 1.19. The molecule has 0 atom stereocenters. The number of benzene rings is 1. The highest BCUT2D eigenvalue weighted by molar-refractivity contribution is 5.89. The summed E-state index contributed by atoms with van der Waals surface area (Å²) in [6.07, 6.45) is 3.84. The number of aromatic carboxylic acids is 1. The number of hydrogen-bond acceptors (Lipinski definition) is 3. The van der Waals surface area contributed by atoms with Crippen molar-refractivity contribution in [3.05, 3.63) is 35.4 Å². The molecule has 1 aromatic rings. The van der Waals surface area contributed by atoms with Gasteiger partial charge in [0, 0.05) is 20.0 Å². The van der Waals surface area contributed by atoms with Crippen LogP contribution in [0.5, 0.6) is 0 Å². The van der Waals surface area contributed by atoms with Crippen LogP contribution in [-0.4, -0.2) is 42.0 Å². The molecule has 5 nitrogen and oxygen atoms in total. The van der Waals surface area contributed by atoms with Gasteiger partial charge in [-0.1, -0.05) is 24.6 Å². The number of unbranched alkanes of at least 4 members (excludes halogenated alkanes) is 2. The molecule has 0 radical (unpaired) electrons. The fourth-order valence-corrected chi connectivity index (χ4v) is 2.15. The Balaban J connectivity index is 2.44. The third kappa shape index (κ3) is 5.95. The Kier molecular flexibility index (Phi) is 7.46. The molecule has 0 fully saturated rings. The van der Waals surface area contributed by atoms with Gasteiger partial charge in [0.1, 0.15) is 0 Å². The molecule has 0 aliphatic carbocycles. The monoisotopic (exact) mass is 292 g/mol. The molecule has 3 N–H and O–H groups in total. The Morgan fingerprint density at radius 1 is 1.19 bits per heavy atom. The zero-order valence-corrected chi connectivity index (χ0v) is 12.5. The zero-order chi connectivity index (χ0) is 15.7. The second-order valence-corrected chi connectivity index (χ2v) is 5.13. The van der Waals surface area contributed by atoms with Crippen LogP contribution in [0.2, 0.25) is 0 Å². The molecule has 21 heavy (non-hydrogen) atoms. The van der Waals surface area contributed by atoms with E-state index in [2.05, 4.69) is 0 Å². The Morgan fingerprint density at radius 2 is 1.90 bits per heavy atom. The van der Waals surface area contributed by atoms with Crippen LogP contribution in [0.3, 0.4) is 0 Å². The first-order chi connectivity index (χ1) is 10.1. The number of carboxylic acids is 1. The number of rotatable bonds is 9. The quantitative estimate of drug-likeness (QED) is 0.681. The number of nitrogens with zero attached hydrogens (tertiary/aromatic N) is 1. The maximum atomic E-state index is 11.9. The molecule has 0 aromatic heterocycles. The van der Waals surface area contributed by atoms with E-state index in [1.54, 1.807) is 30.1 Å². The molecule has 5 heteroatoms. The summed E-state index contributed by atoms with van der Waals surface area (Å²) < 4.78 is 0. The maximum Gasteiger partial charge on any atom is 0.335 e. The number of carboxylic acid groups (broad SMARTS) is 1. The van der Waals surface area contributed by atoms with E-state index < -0.39 is 5.97 Å². The van der Waals surface area contributed by atoms with Gasteiger partial charge in [-0.25, -0.2) is 4.79 Å². The first kappa shape index (κ1) is 17.2. The van der Waals surface area contributed by atoms with E-state index in [1.807, 2.05) is 6.07 Å². The van der Waals surface area contributed by atoms with Gasteiger partial charge in [0.05, 0.1) is 5.56 Å². The van der Waals surface area contributed by atoms with Crippen molar-refractivity contribution in [3.63, 3.8) is 0 Å². The van der Waals surface area contributed by atoms with Gasteiger partial charge in [0.15, 0.2) is 0 Å². The number of hydrogen-bond donors (Lipinski definition) is 2. The van der Waals surface area contributed by atoms with Crippen LogP contribution >= 0.6 is 0 Å². The minimum atomic E-state index is -0.929. The largest absolute Gasteiger partial charge is 0.478 e. The summed E-state index contributed by atoms with van der Waals surface area (Å²) in [5.74, 6) is -0.832. The van der Waals surface area contributed by atoms with Gasteiger partial charge in [-0.3, -0.25) is 4.79 Å². The van der Waals surface area contributed by atoms with Gasteiger partial charge in [0.2, 0.25) is 5.91 Å². The zero-order valence-electron chi connectivity index (χ0n) is 12.5. The molecule has 0 aliphatic rings. The fourth-order valence-electron chi connectivity index (χ4n) is 2.15. The van der Waals surface area contributed by atoms with Crippen LogP contribution in [-0.2, 0) is 11.2 Å². The van der Waals surface area contributed by atoms with Crippen LogP contribution in [0.15, 0.2) is 24.3 Å². The minimum absolute atomic E-state index is 0.0971. The lowest BCUT2D eigenvalue weighted by molar-refractivity contribution is -0.130. The highest BCUT2D eigenvalue weighted by Crippen LogP contribution is 2.10. The molecule has 0 aliphatic heterocycles. The molecule has 0 saturated heterocycles. The molecule has 0 bridgehead atoms. The SMILES string of the molecule is CN(CCc1ccccc1C(=O)O)C(=O)CCCCCN. The summed E-state index contributed by atoms with van der Waals surface area (Å²) in [4.78, 5) is 24.7. The van der Waals surface area contributed by atoms with Gasteiger partial charge in [0.25, 0.3) is 0 Å². The highest BCUT2D eigenvalue weighted by Gasteiger charge is 2.12. The lowest BCUT2D eigenvalue weighted by Crippen LogP contribution is -2.28. The lowest BCUT2D eigenvalue weighted by atomic mass is 10.0. The molecular weight excluding hydrogens is 268 g/mol. The number of nitrogens with two attached hydrogens (primary N) is 1. The van der Waals surface area contributed by atoms with Crippen molar-refractivity contribution in [2.45, 2.75) is 32.1 Å². The summed E-state index contributed by atoms with van der Waals surface area (Å²) in [5.41, 5.74) is 6.48. The van der Waals surface area contributed by atoms with E-state index in [0.717, 1.165) is 24.8 Å². The average molecular weight is 292 g/mol. The average Bonchev–Trinajstić information content (AvgIpc) is 2.49. The molecular formula is C16H24N2O3. The van der Waals surface area contributed by atoms with E-state index in [1.165, 1.54) is 0 Å². The Morgan fingerprint density at radius 3 is 2.57 bits per heavy atom. The molecule has 1 aromatic carbocycles. The van der Waals surface area contributed by atoms with Gasteiger partial charge in [-0.05, 0) is 37.4 Å². The molecule has 0 saturated carbocycles. The third-order valence-electron chi connectivity index (χ3n) is 3.48. The molecule has 1 rings (SSSR count). The molecule has 0 heterocycles. The minimum Gasteiger partial charge on any atom is -0.478 e. The van der Waals surface area contributed by atoms with E-state index in [4.69, 9.17) is 10.8 Å². The Labute approximate surface area is 125 Å². The van der Waals surface area contributed by atoms with Crippen LogP contribution in [0.4, 0.5) is 0 Å². The Bertz CT molecular complexity index is 474. The van der Waals surface area contributed by atoms with Crippen LogP contribution in [0.1, 0.15) is 41.6 Å². The Hall–Kier alpha value is -1.88. The van der Waals surface area contributed by atoms with Crippen LogP contribution < -0.4 is 5.73 Å². The van der Waals surface area contributed by atoms with Crippen molar-refractivity contribution < 1.29 is 14.7 Å². The lowest BCUT2D eigenvalue weighted by Gasteiger charge is -2.17. The first-order valence-corrected chi connectivity index (χ1v) is 7.31. The molecule has 0 spiro atoms. The topological polar surface area (TPSA) is 83.6 Å². The molecule has 116 valence electrons. The van der Waals surface area contributed by atoms with Gasteiger partial charge < -0.3 is 15.7 Å². The summed E-state index contributed by atoms with van der Waals surface area (Å²) in [7, 11) is 1.76. The predicted octanol–water partition coefficient (Wildman–Crippen LogP) is 1.90. The summed E-state index contributed by atoms with van der Waals surface area (Å²) >= 11 is 0. The number of likely N-dealkylation sites (N-methyl/N-ethyl adjacent to an activating group) is 1. The predicted molar refractivity (Wildman–Crippen MR) is 82.3 cm³/mol. The second kappa shape index (κ2) is 9.13. The van der Waals surface area contributed by atoms with E-state index in [0.29, 0.717) is 31.5 Å². The van der Waals surface area contributed by atoms with Crippen molar-refractivity contribution in [1.82, 2.24) is 4.90 Å². The number of carbonyl (C=O) groups excluding carboxylic acids is 1. The van der Waals surface area contributed by atoms with Gasteiger partial charge in [-0.2, -0.15) is 0 Å². The highest BCUT2D eigenvalue weighted by atomic mass is 16.4. The van der Waals surface area contributed by atoms with E-state index in [-0.39, 0.29) is 5.91 Å². The normalized spacial score (nSPS) is 10.4. The standard InChI is InChI=1S/C16H24N2O3/c1-18(15(19)9-3-2-6-11-17)12-10-13-7-4-5-8-14(13)16(20)21/h4-5,7-8H,2-3,6,9-12,17H2,1H3,(H,20,21). The van der Waals surface area contributed by atoms with Crippen LogP contribution in [0.25, 0.3) is 0 Å². The van der Waals surface area contributed by atoms with Crippen molar-refractivity contribution >= 4 is 11.9 Å². The summed E-state index contributed by atoms with van der Waals surface area (Å²) in [5, 5.41) is 9.12. The molecule has 1 amide bonds. The fraction of sp³-hybridized carbons (Fsp3) is 0.500. The maximum absolute atomic E-state index is 11.9. The second-order valence-electron chi connectivity index (χ2n) is 5.13. The summed E-state index contributed by atoms with van der Waals surface area (Å²) in [6, 6.07) is 6.91. The smallest absolute Gasteiger partial charge is 0.335 e. The number of amides is 1. The van der Waals surface area contributed by atoms with Crippen molar-refractivity contribution in [3.8, 4) is 0 Å². The number of carbonyl (C=O) groups is 2. The third-order valence-corrected chi connectivity index (χ3v) is 3.48. The van der Waals surface area contributed by atoms with Crippen LogP contribution in [0, 0.1) is 0 Å². The van der Waals surface area contributed by atoms with E-state index in [9.17, 15) is 9.59 Å². The first-order valence-electron chi connectivity index (χ1n) is 7.31. The van der Waals surface area contributed by atoms with Crippen molar-refractivity contribution in [1.29, 1.82) is 0 Å². The molecule has 0 unspecified atom stereocenters. The van der Waals surface area contributed by atoms with E-state index >= 15 is 0 Å².